The molecule has 0 spiro atoms. The Hall–Kier alpha value is -3.18. The fourth-order valence-electron chi connectivity index (χ4n) is 3.70. The van der Waals surface area contributed by atoms with E-state index in [0.29, 0.717) is 18.7 Å². The third-order valence-corrected chi connectivity index (χ3v) is 5.31. The molecular weight excluding hydrogens is 364 g/mol. The van der Waals surface area contributed by atoms with Gasteiger partial charge in [-0.2, -0.15) is 0 Å². The van der Waals surface area contributed by atoms with Gasteiger partial charge in [-0.3, -0.25) is 9.69 Å². The first kappa shape index (κ1) is 19.2. The fraction of sp³-hybridized carbons (Fsp3) is 0.250. The predicted molar refractivity (Wildman–Crippen MR) is 113 cm³/mol. The van der Waals surface area contributed by atoms with Crippen LogP contribution in [0.25, 0.3) is 10.8 Å². The van der Waals surface area contributed by atoms with Crippen molar-refractivity contribution in [2.75, 3.05) is 32.8 Å². The Balaban J connectivity index is 1.28. The topological polar surface area (TPSA) is 49.9 Å². The molecule has 1 aliphatic heterocycles. The van der Waals surface area contributed by atoms with Gasteiger partial charge in [0.2, 0.25) is 0 Å². The monoisotopic (exact) mass is 388 g/mol. The van der Waals surface area contributed by atoms with Gasteiger partial charge in [0.05, 0.1) is 5.56 Å². The quantitative estimate of drug-likeness (QED) is 0.629. The number of hydrogen-bond acceptors (Lipinski definition) is 4. The van der Waals surface area contributed by atoms with E-state index in [0.717, 1.165) is 30.4 Å². The molecule has 0 saturated carbocycles. The molecular formula is C24H24N2O3. The van der Waals surface area contributed by atoms with Crippen molar-refractivity contribution in [1.82, 2.24) is 9.80 Å². The normalized spacial score (nSPS) is 14.7. The average molecular weight is 388 g/mol. The standard InChI is InChI=1S/C24H24N2O3/c27-23(26-15-13-25(14-16-26)17-19-7-2-1-3-8-19)18-29-24(28)22-12-6-10-20-9-4-5-11-21(20)22/h1-12H,13-18H2. The molecule has 0 atom stereocenters. The van der Waals surface area contributed by atoms with Crippen molar-refractivity contribution in [3.63, 3.8) is 0 Å². The largest absolute Gasteiger partial charge is 0.452 e. The maximum absolute atomic E-state index is 12.5. The average Bonchev–Trinajstić information content (AvgIpc) is 2.78. The van der Waals surface area contributed by atoms with E-state index in [4.69, 9.17) is 4.74 Å². The van der Waals surface area contributed by atoms with Crippen LogP contribution in [-0.4, -0.2) is 54.5 Å². The van der Waals surface area contributed by atoms with Crippen LogP contribution in [0.4, 0.5) is 0 Å². The summed E-state index contributed by atoms with van der Waals surface area (Å²) in [7, 11) is 0. The van der Waals surface area contributed by atoms with Gasteiger partial charge in [-0.15, -0.1) is 0 Å². The highest BCUT2D eigenvalue weighted by atomic mass is 16.5. The smallest absolute Gasteiger partial charge is 0.339 e. The second-order valence-electron chi connectivity index (χ2n) is 7.25. The maximum atomic E-state index is 12.5. The van der Waals surface area contributed by atoms with E-state index in [1.54, 1.807) is 11.0 Å². The summed E-state index contributed by atoms with van der Waals surface area (Å²) >= 11 is 0. The Morgan fingerprint density at radius 2 is 1.48 bits per heavy atom. The van der Waals surface area contributed by atoms with E-state index >= 15 is 0 Å². The van der Waals surface area contributed by atoms with Crippen molar-refractivity contribution < 1.29 is 14.3 Å². The van der Waals surface area contributed by atoms with Crippen molar-refractivity contribution in [3.05, 3.63) is 83.9 Å². The van der Waals surface area contributed by atoms with Gasteiger partial charge >= 0.3 is 5.97 Å². The number of ether oxygens (including phenoxy) is 1. The van der Waals surface area contributed by atoms with Crippen LogP contribution >= 0.6 is 0 Å². The number of piperazine rings is 1. The lowest BCUT2D eigenvalue weighted by Gasteiger charge is -2.34. The molecule has 3 aromatic rings. The zero-order valence-corrected chi connectivity index (χ0v) is 16.3. The van der Waals surface area contributed by atoms with Crippen LogP contribution in [0.1, 0.15) is 15.9 Å². The van der Waals surface area contributed by atoms with Gasteiger partial charge in [0.15, 0.2) is 6.61 Å². The molecule has 0 bridgehead atoms. The second kappa shape index (κ2) is 8.88. The first-order valence-corrected chi connectivity index (χ1v) is 9.89. The Labute approximate surface area is 170 Å². The Bertz CT molecular complexity index is 990. The lowest BCUT2D eigenvalue weighted by Crippen LogP contribution is -2.49. The minimum Gasteiger partial charge on any atom is -0.452 e. The van der Waals surface area contributed by atoms with Gasteiger partial charge in [0, 0.05) is 32.7 Å². The molecule has 5 nitrogen and oxygen atoms in total. The summed E-state index contributed by atoms with van der Waals surface area (Å²) in [5.41, 5.74) is 1.76. The lowest BCUT2D eigenvalue weighted by atomic mass is 10.1. The molecule has 1 heterocycles. The Kier molecular flexibility index (Phi) is 5.86. The zero-order valence-electron chi connectivity index (χ0n) is 16.3. The number of nitrogens with zero attached hydrogens (tertiary/aromatic N) is 2. The molecule has 0 aliphatic carbocycles. The highest BCUT2D eigenvalue weighted by Crippen LogP contribution is 2.19. The molecule has 1 aliphatic rings. The van der Waals surface area contributed by atoms with E-state index in [9.17, 15) is 9.59 Å². The highest BCUT2D eigenvalue weighted by molar-refractivity contribution is 6.04. The number of fused-ring (bicyclic) bond motifs is 1. The number of carbonyl (C=O) groups excluding carboxylic acids is 2. The zero-order chi connectivity index (χ0) is 20.1. The fourth-order valence-corrected chi connectivity index (χ4v) is 3.70. The van der Waals surface area contributed by atoms with Gasteiger partial charge in [0.25, 0.3) is 5.91 Å². The molecule has 1 amide bonds. The van der Waals surface area contributed by atoms with Gasteiger partial charge in [-0.05, 0) is 22.4 Å². The van der Waals surface area contributed by atoms with Crippen LogP contribution < -0.4 is 0 Å². The third kappa shape index (κ3) is 4.63. The van der Waals surface area contributed by atoms with Crippen LogP contribution in [0.3, 0.4) is 0 Å². The second-order valence-corrected chi connectivity index (χ2v) is 7.25. The molecule has 148 valence electrons. The van der Waals surface area contributed by atoms with Gasteiger partial charge in [-0.25, -0.2) is 4.79 Å². The third-order valence-electron chi connectivity index (χ3n) is 5.31. The van der Waals surface area contributed by atoms with Crippen LogP contribution in [-0.2, 0) is 16.1 Å². The maximum Gasteiger partial charge on any atom is 0.339 e. The van der Waals surface area contributed by atoms with E-state index in [1.807, 2.05) is 54.6 Å². The number of rotatable bonds is 5. The molecule has 1 saturated heterocycles. The minimum atomic E-state index is -0.460. The molecule has 0 unspecified atom stereocenters. The van der Waals surface area contributed by atoms with Crippen LogP contribution in [0.2, 0.25) is 0 Å². The summed E-state index contributed by atoms with van der Waals surface area (Å²) in [5.74, 6) is -0.601. The van der Waals surface area contributed by atoms with Crippen molar-refractivity contribution in [2.45, 2.75) is 6.54 Å². The summed E-state index contributed by atoms with van der Waals surface area (Å²) < 4.78 is 5.33. The summed E-state index contributed by atoms with van der Waals surface area (Å²) in [5, 5.41) is 1.81. The van der Waals surface area contributed by atoms with Crippen molar-refractivity contribution in [2.24, 2.45) is 0 Å². The molecule has 1 fully saturated rings. The van der Waals surface area contributed by atoms with Gasteiger partial charge in [-0.1, -0.05) is 66.7 Å². The van der Waals surface area contributed by atoms with Crippen LogP contribution in [0, 0.1) is 0 Å². The van der Waals surface area contributed by atoms with Gasteiger partial charge in [0.1, 0.15) is 0 Å². The first-order chi connectivity index (χ1) is 14.2. The summed E-state index contributed by atoms with van der Waals surface area (Å²) in [6.45, 7) is 3.60. The molecule has 3 aromatic carbocycles. The number of carbonyl (C=O) groups is 2. The predicted octanol–water partition coefficient (Wildman–Crippen LogP) is 3.34. The minimum absolute atomic E-state index is 0.141. The lowest BCUT2D eigenvalue weighted by molar-refractivity contribution is -0.136. The molecule has 5 heteroatoms. The summed E-state index contributed by atoms with van der Waals surface area (Å²) in [4.78, 5) is 29.1. The van der Waals surface area contributed by atoms with E-state index in [-0.39, 0.29) is 12.5 Å². The molecule has 0 N–H and O–H groups in total. The molecule has 4 rings (SSSR count). The molecule has 0 radical (unpaired) electrons. The van der Waals surface area contributed by atoms with E-state index < -0.39 is 5.97 Å². The molecule has 29 heavy (non-hydrogen) atoms. The van der Waals surface area contributed by atoms with E-state index in [1.165, 1.54) is 5.56 Å². The van der Waals surface area contributed by atoms with E-state index in [2.05, 4.69) is 17.0 Å². The Morgan fingerprint density at radius 3 is 2.28 bits per heavy atom. The van der Waals surface area contributed by atoms with Crippen LogP contribution in [0.5, 0.6) is 0 Å². The van der Waals surface area contributed by atoms with Crippen LogP contribution in [0.15, 0.2) is 72.8 Å². The first-order valence-electron chi connectivity index (χ1n) is 9.89. The molecule has 0 aromatic heterocycles. The number of amides is 1. The number of benzene rings is 3. The number of esters is 1. The van der Waals surface area contributed by atoms with Crippen molar-refractivity contribution in [1.29, 1.82) is 0 Å². The number of hydrogen-bond donors (Lipinski definition) is 0. The highest BCUT2D eigenvalue weighted by Gasteiger charge is 2.22. The summed E-state index contributed by atoms with van der Waals surface area (Å²) in [6.07, 6.45) is 0. The van der Waals surface area contributed by atoms with Gasteiger partial charge < -0.3 is 9.64 Å². The Morgan fingerprint density at radius 1 is 0.793 bits per heavy atom. The summed E-state index contributed by atoms with van der Waals surface area (Å²) in [6, 6.07) is 23.5. The van der Waals surface area contributed by atoms with Crippen molar-refractivity contribution >= 4 is 22.6 Å². The SMILES string of the molecule is O=C(OCC(=O)N1CCN(Cc2ccccc2)CC1)c1cccc2ccccc12. The van der Waals surface area contributed by atoms with Crippen molar-refractivity contribution in [3.8, 4) is 0 Å².